The molecule has 2 heterocycles. The topological polar surface area (TPSA) is 52.6 Å². The quantitative estimate of drug-likeness (QED) is 0.844. The Kier molecular flexibility index (Phi) is 4.20. The van der Waals surface area contributed by atoms with Crippen LogP contribution in [0.25, 0.3) is 0 Å². The summed E-state index contributed by atoms with van der Waals surface area (Å²) in [5.41, 5.74) is -0.573. The summed E-state index contributed by atoms with van der Waals surface area (Å²) in [6.07, 6.45) is 6.06. The predicted octanol–water partition coefficient (Wildman–Crippen LogP) is 0.989. The van der Waals surface area contributed by atoms with E-state index in [1.165, 1.54) is 6.42 Å². The first-order valence-electron chi connectivity index (χ1n) is 8.46. The first kappa shape index (κ1) is 14.8. The van der Waals surface area contributed by atoms with Crippen LogP contribution >= 0.6 is 0 Å². The molecule has 0 aromatic rings. The molecule has 0 aromatic heterocycles. The number of rotatable bonds is 3. The molecule has 5 heteroatoms. The van der Waals surface area contributed by atoms with Crippen LogP contribution in [0.5, 0.6) is 0 Å². The largest absolute Gasteiger partial charge is 0.340 e. The van der Waals surface area contributed by atoms with E-state index in [0.29, 0.717) is 5.92 Å². The number of amides is 2. The van der Waals surface area contributed by atoms with Crippen LogP contribution in [0.1, 0.15) is 45.4 Å². The standard InChI is InChI=1S/C16H27N3O2/c1-2-18-9-6-13(10-18)11-19-12-14(20)17-16(15(19)21)7-4-3-5-8-16/h13H,2-12H2,1H3,(H,17,20). The van der Waals surface area contributed by atoms with E-state index in [-0.39, 0.29) is 18.4 Å². The normalized spacial score (nSPS) is 30.0. The maximum atomic E-state index is 12.9. The van der Waals surface area contributed by atoms with Gasteiger partial charge in [-0.2, -0.15) is 0 Å². The van der Waals surface area contributed by atoms with Crippen molar-refractivity contribution in [2.75, 3.05) is 32.7 Å². The average Bonchev–Trinajstić information content (AvgIpc) is 2.93. The number of piperazine rings is 1. The van der Waals surface area contributed by atoms with Crippen molar-refractivity contribution in [2.45, 2.75) is 51.0 Å². The minimum Gasteiger partial charge on any atom is -0.340 e. The van der Waals surface area contributed by atoms with Gasteiger partial charge in [-0.25, -0.2) is 0 Å². The van der Waals surface area contributed by atoms with Crippen LogP contribution in [-0.4, -0.2) is 59.9 Å². The molecule has 1 N–H and O–H groups in total. The second-order valence-corrected chi connectivity index (χ2v) is 6.92. The molecule has 2 saturated heterocycles. The zero-order chi connectivity index (χ0) is 14.9. The number of nitrogens with zero attached hydrogens (tertiary/aromatic N) is 2. The Bertz CT molecular complexity index is 418. The van der Waals surface area contributed by atoms with Gasteiger partial charge >= 0.3 is 0 Å². The van der Waals surface area contributed by atoms with E-state index in [4.69, 9.17) is 0 Å². The van der Waals surface area contributed by atoms with Gasteiger partial charge in [-0.3, -0.25) is 9.59 Å². The number of hydrogen-bond donors (Lipinski definition) is 1. The Morgan fingerprint density at radius 2 is 2.00 bits per heavy atom. The Hall–Kier alpha value is -1.10. The van der Waals surface area contributed by atoms with E-state index < -0.39 is 5.54 Å². The van der Waals surface area contributed by atoms with E-state index in [1.54, 1.807) is 0 Å². The average molecular weight is 293 g/mol. The van der Waals surface area contributed by atoms with Crippen molar-refractivity contribution >= 4 is 11.8 Å². The molecule has 2 aliphatic heterocycles. The Balaban J connectivity index is 1.67. The van der Waals surface area contributed by atoms with E-state index in [1.807, 2.05) is 4.90 Å². The van der Waals surface area contributed by atoms with Crippen molar-refractivity contribution in [3.63, 3.8) is 0 Å². The zero-order valence-electron chi connectivity index (χ0n) is 13.1. The lowest BCUT2D eigenvalue weighted by Gasteiger charge is -2.44. The summed E-state index contributed by atoms with van der Waals surface area (Å²) in [6.45, 7) is 6.46. The zero-order valence-corrected chi connectivity index (χ0v) is 13.1. The lowest BCUT2D eigenvalue weighted by Crippen LogP contribution is -2.67. The summed E-state index contributed by atoms with van der Waals surface area (Å²) >= 11 is 0. The summed E-state index contributed by atoms with van der Waals surface area (Å²) in [6, 6.07) is 0. The molecule has 3 fully saturated rings. The minimum atomic E-state index is -0.573. The van der Waals surface area contributed by atoms with Crippen molar-refractivity contribution in [3.8, 4) is 0 Å². The third-order valence-electron chi connectivity index (χ3n) is 5.41. The monoisotopic (exact) mass is 293 g/mol. The van der Waals surface area contributed by atoms with Gasteiger partial charge in [0.25, 0.3) is 0 Å². The summed E-state index contributed by atoms with van der Waals surface area (Å²) < 4.78 is 0. The molecule has 1 atom stereocenters. The molecule has 1 aliphatic carbocycles. The Labute approximate surface area is 127 Å². The smallest absolute Gasteiger partial charge is 0.248 e. The molecule has 118 valence electrons. The fraction of sp³-hybridized carbons (Fsp3) is 0.875. The van der Waals surface area contributed by atoms with E-state index in [0.717, 1.165) is 58.3 Å². The van der Waals surface area contributed by atoms with Crippen molar-refractivity contribution in [2.24, 2.45) is 5.92 Å². The van der Waals surface area contributed by atoms with Crippen molar-refractivity contribution in [1.82, 2.24) is 15.1 Å². The van der Waals surface area contributed by atoms with Gasteiger partial charge in [0.15, 0.2) is 0 Å². The molecule has 1 saturated carbocycles. The van der Waals surface area contributed by atoms with Gasteiger partial charge in [0.1, 0.15) is 5.54 Å². The first-order valence-corrected chi connectivity index (χ1v) is 8.46. The highest BCUT2D eigenvalue weighted by Gasteiger charge is 2.47. The maximum Gasteiger partial charge on any atom is 0.248 e. The highest BCUT2D eigenvalue weighted by molar-refractivity contribution is 5.98. The molecule has 3 aliphatic rings. The SMILES string of the molecule is CCN1CCC(CN2CC(=O)NC3(CCCCC3)C2=O)C1. The molecular formula is C16H27N3O2. The van der Waals surface area contributed by atoms with E-state index in [2.05, 4.69) is 17.1 Å². The van der Waals surface area contributed by atoms with Gasteiger partial charge in [0.05, 0.1) is 6.54 Å². The van der Waals surface area contributed by atoms with Gasteiger partial charge in [-0.1, -0.05) is 26.2 Å². The van der Waals surface area contributed by atoms with Crippen LogP contribution in [0.15, 0.2) is 0 Å². The van der Waals surface area contributed by atoms with E-state index >= 15 is 0 Å². The predicted molar refractivity (Wildman–Crippen MR) is 80.8 cm³/mol. The maximum absolute atomic E-state index is 12.9. The van der Waals surface area contributed by atoms with Crippen LogP contribution in [0.4, 0.5) is 0 Å². The highest BCUT2D eigenvalue weighted by atomic mass is 16.2. The van der Waals surface area contributed by atoms with Crippen molar-refractivity contribution < 1.29 is 9.59 Å². The molecule has 1 unspecified atom stereocenters. The summed E-state index contributed by atoms with van der Waals surface area (Å²) in [5, 5.41) is 3.02. The second-order valence-electron chi connectivity index (χ2n) is 6.92. The lowest BCUT2D eigenvalue weighted by molar-refractivity contribution is -0.152. The van der Waals surface area contributed by atoms with Crippen LogP contribution in [-0.2, 0) is 9.59 Å². The molecule has 1 spiro atoms. The number of likely N-dealkylation sites (tertiary alicyclic amines) is 1. The number of carbonyl (C=O) groups excluding carboxylic acids is 2. The number of hydrogen-bond acceptors (Lipinski definition) is 3. The molecule has 5 nitrogen and oxygen atoms in total. The molecule has 0 radical (unpaired) electrons. The fourth-order valence-electron chi connectivity index (χ4n) is 4.21. The van der Waals surface area contributed by atoms with Gasteiger partial charge < -0.3 is 15.1 Å². The number of carbonyl (C=O) groups is 2. The molecule has 21 heavy (non-hydrogen) atoms. The third-order valence-corrected chi connectivity index (χ3v) is 5.41. The molecule has 2 amide bonds. The van der Waals surface area contributed by atoms with Gasteiger partial charge in [-0.15, -0.1) is 0 Å². The Morgan fingerprint density at radius 1 is 1.24 bits per heavy atom. The van der Waals surface area contributed by atoms with Gasteiger partial charge in [0.2, 0.25) is 11.8 Å². The van der Waals surface area contributed by atoms with E-state index in [9.17, 15) is 9.59 Å². The number of nitrogens with one attached hydrogen (secondary N) is 1. The minimum absolute atomic E-state index is 0.0295. The third kappa shape index (κ3) is 2.93. The molecule has 0 bridgehead atoms. The first-order chi connectivity index (χ1) is 10.1. The van der Waals surface area contributed by atoms with Crippen molar-refractivity contribution in [1.29, 1.82) is 0 Å². The van der Waals surface area contributed by atoms with Crippen LogP contribution in [0, 0.1) is 5.92 Å². The van der Waals surface area contributed by atoms with Gasteiger partial charge in [-0.05, 0) is 38.3 Å². The second kappa shape index (κ2) is 5.95. The van der Waals surface area contributed by atoms with Crippen LogP contribution in [0.3, 0.4) is 0 Å². The van der Waals surface area contributed by atoms with Crippen LogP contribution < -0.4 is 5.32 Å². The summed E-state index contributed by atoms with van der Waals surface area (Å²) in [5.74, 6) is 0.735. The van der Waals surface area contributed by atoms with Gasteiger partial charge in [0, 0.05) is 13.1 Å². The molecule has 3 rings (SSSR count). The highest BCUT2D eigenvalue weighted by Crippen LogP contribution is 2.32. The van der Waals surface area contributed by atoms with Crippen LogP contribution in [0.2, 0.25) is 0 Å². The van der Waals surface area contributed by atoms with Crippen molar-refractivity contribution in [3.05, 3.63) is 0 Å². The summed E-state index contributed by atoms with van der Waals surface area (Å²) in [7, 11) is 0. The molecular weight excluding hydrogens is 266 g/mol. The Morgan fingerprint density at radius 3 is 2.67 bits per heavy atom. The molecule has 0 aromatic carbocycles. The lowest BCUT2D eigenvalue weighted by atomic mass is 9.79. The summed E-state index contributed by atoms with van der Waals surface area (Å²) in [4.78, 5) is 29.2. The fourth-order valence-corrected chi connectivity index (χ4v) is 4.21.